The minimum Gasteiger partial charge on any atom is -0.312 e. The quantitative estimate of drug-likeness (QED) is 0.844. The summed E-state index contributed by atoms with van der Waals surface area (Å²) in [6, 6.07) is 8.30. The van der Waals surface area contributed by atoms with Crippen LogP contribution in [-0.4, -0.2) is 37.0 Å². The van der Waals surface area contributed by atoms with Crippen molar-refractivity contribution in [3.05, 3.63) is 29.8 Å². The number of anilines is 1. The van der Waals surface area contributed by atoms with E-state index in [4.69, 9.17) is 0 Å². The normalized spacial score (nSPS) is 19.7. The van der Waals surface area contributed by atoms with Crippen molar-refractivity contribution in [3.8, 4) is 0 Å². The smallest absolute Gasteiger partial charge is 0.228 e. The molecule has 2 aliphatic heterocycles. The summed E-state index contributed by atoms with van der Waals surface area (Å²) in [5.74, 6) is 0.291. The molecule has 3 heteroatoms. The third-order valence-corrected chi connectivity index (χ3v) is 4.53. The van der Waals surface area contributed by atoms with Crippen LogP contribution in [-0.2, 0) is 11.2 Å². The van der Waals surface area contributed by atoms with Crippen LogP contribution < -0.4 is 4.90 Å². The van der Waals surface area contributed by atoms with Crippen molar-refractivity contribution in [1.82, 2.24) is 4.90 Å². The van der Waals surface area contributed by atoms with Gasteiger partial charge >= 0.3 is 0 Å². The Morgan fingerprint density at radius 1 is 1.00 bits per heavy atom. The number of fused-ring (bicyclic) bond motifs is 1. The van der Waals surface area contributed by atoms with Crippen LogP contribution in [0.25, 0.3) is 0 Å². The molecule has 0 radical (unpaired) electrons. The van der Waals surface area contributed by atoms with Gasteiger partial charge in [-0.05, 0) is 44.0 Å². The lowest BCUT2D eigenvalue weighted by Gasteiger charge is -2.22. The predicted molar refractivity (Wildman–Crippen MR) is 82.0 cm³/mol. The van der Waals surface area contributed by atoms with Crippen LogP contribution in [0.4, 0.5) is 5.69 Å². The van der Waals surface area contributed by atoms with E-state index in [2.05, 4.69) is 23.1 Å². The zero-order valence-corrected chi connectivity index (χ0v) is 12.2. The molecule has 0 bridgehead atoms. The molecule has 1 aromatic rings. The first kappa shape index (κ1) is 13.6. The number of carbonyl (C=O) groups is 1. The number of amides is 1. The molecule has 3 nitrogen and oxygen atoms in total. The van der Waals surface area contributed by atoms with Gasteiger partial charge in [0.05, 0.1) is 0 Å². The fourth-order valence-electron chi connectivity index (χ4n) is 3.35. The van der Waals surface area contributed by atoms with E-state index in [0.717, 1.165) is 25.2 Å². The lowest BCUT2D eigenvalue weighted by Crippen LogP contribution is -2.34. The van der Waals surface area contributed by atoms with E-state index in [1.807, 2.05) is 11.0 Å². The SMILES string of the molecule is O=C(CCN1CCCCCC1)N1CCc2ccccc21. The monoisotopic (exact) mass is 272 g/mol. The Balaban J connectivity index is 1.55. The van der Waals surface area contributed by atoms with E-state index in [1.54, 1.807) is 0 Å². The summed E-state index contributed by atoms with van der Waals surface area (Å²) in [7, 11) is 0. The lowest BCUT2D eigenvalue weighted by molar-refractivity contribution is -0.118. The second-order valence-corrected chi connectivity index (χ2v) is 5.93. The summed E-state index contributed by atoms with van der Waals surface area (Å²) in [6.45, 7) is 4.13. The minimum absolute atomic E-state index is 0.291. The average molecular weight is 272 g/mol. The van der Waals surface area contributed by atoms with Gasteiger partial charge in [-0.2, -0.15) is 0 Å². The zero-order valence-electron chi connectivity index (χ0n) is 12.2. The molecule has 0 atom stereocenters. The molecule has 1 fully saturated rings. The maximum atomic E-state index is 12.4. The molecule has 1 amide bonds. The fourth-order valence-corrected chi connectivity index (χ4v) is 3.35. The molecule has 0 aromatic heterocycles. The number of para-hydroxylation sites is 1. The first-order chi connectivity index (χ1) is 9.84. The Labute approximate surface area is 121 Å². The van der Waals surface area contributed by atoms with Crippen molar-refractivity contribution in [2.75, 3.05) is 31.1 Å². The van der Waals surface area contributed by atoms with Gasteiger partial charge in [0.1, 0.15) is 0 Å². The van der Waals surface area contributed by atoms with E-state index >= 15 is 0 Å². The Morgan fingerprint density at radius 2 is 1.75 bits per heavy atom. The van der Waals surface area contributed by atoms with Crippen LogP contribution >= 0.6 is 0 Å². The summed E-state index contributed by atoms with van der Waals surface area (Å²) in [5.41, 5.74) is 2.45. The number of rotatable bonds is 3. The first-order valence-electron chi connectivity index (χ1n) is 7.95. The van der Waals surface area contributed by atoms with Crippen LogP contribution in [0.15, 0.2) is 24.3 Å². The van der Waals surface area contributed by atoms with Crippen LogP contribution in [0.1, 0.15) is 37.7 Å². The van der Waals surface area contributed by atoms with Gasteiger partial charge in [-0.15, -0.1) is 0 Å². The summed E-state index contributed by atoms with van der Waals surface area (Å²) in [6.07, 6.45) is 6.95. The molecule has 1 aromatic carbocycles. The second kappa shape index (κ2) is 6.40. The predicted octanol–water partition coefficient (Wildman–Crippen LogP) is 2.84. The zero-order chi connectivity index (χ0) is 13.8. The van der Waals surface area contributed by atoms with Crippen LogP contribution in [0, 0.1) is 0 Å². The molecule has 0 aliphatic carbocycles. The van der Waals surface area contributed by atoms with Gasteiger partial charge in [0.15, 0.2) is 0 Å². The fraction of sp³-hybridized carbons (Fsp3) is 0.588. The number of benzene rings is 1. The summed E-state index contributed by atoms with van der Waals surface area (Å²) >= 11 is 0. The number of hydrogen-bond donors (Lipinski definition) is 0. The van der Waals surface area contributed by atoms with E-state index in [0.29, 0.717) is 12.3 Å². The van der Waals surface area contributed by atoms with Gasteiger partial charge in [0, 0.05) is 25.2 Å². The Bertz CT molecular complexity index is 464. The van der Waals surface area contributed by atoms with Crippen molar-refractivity contribution < 1.29 is 4.79 Å². The molecule has 108 valence electrons. The number of nitrogens with zero attached hydrogens (tertiary/aromatic N) is 2. The molecule has 20 heavy (non-hydrogen) atoms. The molecular weight excluding hydrogens is 248 g/mol. The van der Waals surface area contributed by atoms with Crippen molar-refractivity contribution in [3.63, 3.8) is 0 Å². The largest absolute Gasteiger partial charge is 0.312 e. The summed E-state index contributed by atoms with van der Waals surface area (Å²) in [4.78, 5) is 16.9. The number of likely N-dealkylation sites (tertiary alicyclic amines) is 1. The first-order valence-corrected chi connectivity index (χ1v) is 7.95. The third-order valence-electron chi connectivity index (χ3n) is 4.53. The highest BCUT2D eigenvalue weighted by Crippen LogP contribution is 2.27. The molecular formula is C17H24N2O. The van der Waals surface area contributed by atoms with E-state index in [-0.39, 0.29) is 0 Å². The third kappa shape index (κ3) is 3.04. The van der Waals surface area contributed by atoms with Crippen LogP contribution in [0.3, 0.4) is 0 Å². The van der Waals surface area contributed by atoms with Gasteiger partial charge < -0.3 is 9.80 Å². The van der Waals surface area contributed by atoms with Crippen molar-refractivity contribution >= 4 is 11.6 Å². The van der Waals surface area contributed by atoms with Crippen molar-refractivity contribution in [2.45, 2.75) is 38.5 Å². The average Bonchev–Trinajstić information content (AvgIpc) is 2.73. The molecule has 1 saturated heterocycles. The maximum Gasteiger partial charge on any atom is 0.228 e. The molecule has 0 saturated carbocycles. The number of hydrogen-bond acceptors (Lipinski definition) is 2. The summed E-state index contributed by atoms with van der Waals surface area (Å²) in [5, 5.41) is 0. The topological polar surface area (TPSA) is 23.6 Å². The molecule has 0 unspecified atom stereocenters. The Kier molecular flexibility index (Phi) is 4.36. The van der Waals surface area contributed by atoms with E-state index < -0.39 is 0 Å². The van der Waals surface area contributed by atoms with Gasteiger partial charge in [-0.1, -0.05) is 31.0 Å². The molecule has 0 N–H and O–H groups in total. The van der Waals surface area contributed by atoms with Gasteiger partial charge in [-0.3, -0.25) is 4.79 Å². The van der Waals surface area contributed by atoms with Crippen molar-refractivity contribution in [2.24, 2.45) is 0 Å². The minimum atomic E-state index is 0.291. The molecule has 3 rings (SSSR count). The standard InChI is InChI=1S/C17H24N2O/c20-17(10-13-18-11-5-1-2-6-12-18)19-14-9-15-7-3-4-8-16(15)19/h3-4,7-8H,1-2,5-6,9-14H2. The van der Waals surface area contributed by atoms with Gasteiger partial charge in [0.2, 0.25) is 5.91 Å². The second-order valence-electron chi connectivity index (χ2n) is 5.93. The molecule has 0 spiro atoms. The molecule has 2 heterocycles. The van der Waals surface area contributed by atoms with Crippen molar-refractivity contribution in [1.29, 1.82) is 0 Å². The molecule has 2 aliphatic rings. The van der Waals surface area contributed by atoms with Crippen LogP contribution in [0.5, 0.6) is 0 Å². The van der Waals surface area contributed by atoms with Crippen LogP contribution in [0.2, 0.25) is 0 Å². The highest BCUT2D eigenvalue weighted by Gasteiger charge is 2.24. The number of carbonyl (C=O) groups excluding carboxylic acids is 1. The van der Waals surface area contributed by atoms with E-state index in [9.17, 15) is 4.79 Å². The maximum absolute atomic E-state index is 12.4. The van der Waals surface area contributed by atoms with Gasteiger partial charge in [0.25, 0.3) is 0 Å². The van der Waals surface area contributed by atoms with E-state index in [1.165, 1.54) is 44.3 Å². The highest BCUT2D eigenvalue weighted by molar-refractivity contribution is 5.95. The lowest BCUT2D eigenvalue weighted by atomic mass is 10.2. The highest BCUT2D eigenvalue weighted by atomic mass is 16.2. The summed E-state index contributed by atoms with van der Waals surface area (Å²) < 4.78 is 0. The Morgan fingerprint density at radius 3 is 2.55 bits per heavy atom. The van der Waals surface area contributed by atoms with Gasteiger partial charge in [-0.25, -0.2) is 0 Å². The Hall–Kier alpha value is -1.35.